The third-order valence-corrected chi connectivity index (χ3v) is 13.5. The number of likely N-dealkylation sites (tertiary alicyclic amines) is 2. The molecule has 12 heteroatoms. The van der Waals surface area contributed by atoms with Crippen LogP contribution in [0.1, 0.15) is 91.6 Å². The molecule has 2 saturated carbocycles. The molecular formula is C37H45N5O6S. The minimum Gasteiger partial charge on any atom is -0.497 e. The van der Waals surface area contributed by atoms with E-state index in [1.807, 2.05) is 21.9 Å². The number of nitrogens with one attached hydrogen (secondary N) is 1. The van der Waals surface area contributed by atoms with Crippen LogP contribution in [0.25, 0.3) is 22.2 Å². The standard InChI is InChI=1S/C37H45N5O6S/c1-22(43)41-16-8-11-25-20-40(21-32(25)41)36(45)37-19-30(37)29-18-26(48-4)13-15-27(29)34-33(23-9-6-5-7-10-23)28-14-12-24(17-31(28)42(34)37)35(44)38-49(46,47)39(2)3/h12-15,17-18,23,25,30,32H,5-11,16,19-21H2,1-4H3,(H,38,44)/t25?,30-,32?,37+/m0/s1. The van der Waals surface area contributed by atoms with Crippen molar-refractivity contribution in [2.75, 3.05) is 40.8 Å². The van der Waals surface area contributed by atoms with E-state index in [1.165, 1.54) is 26.1 Å². The SMILES string of the molecule is COc1ccc2c(c1)[C@@H]1C[C@@]1(C(=O)N1CC3CCCN(C(C)=O)C3C1)n1c-2c(C2CCCCC2)c2ccc(C(=O)NS(=O)(=O)N(C)C)cc21. The average molecular weight is 688 g/mol. The number of methoxy groups -OCH3 is 1. The molecule has 5 aliphatic rings. The van der Waals surface area contributed by atoms with E-state index in [0.29, 0.717) is 19.5 Å². The summed E-state index contributed by atoms with van der Waals surface area (Å²) in [5.74, 6) is 0.597. The van der Waals surface area contributed by atoms with E-state index < -0.39 is 21.7 Å². The summed E-state index contributed by atoms with van der Waals surface area (Å²) in [6.07, 6.45) is 8.09. The maximum Gasteiger partial charge on any atom is 0.303 e. The Labute approximate surface area is 287 Å². The van der Waals surface area contributed by atoms with Gasteiger partial charge in [-0.15, -0.1) is 0 Å². The van der Waals surface area contributed by atoms with Gasteiger partial charge < -0.3 is 19.1 Å². The Hall–Kier alpha value is -3.90. The van der Waals surface area contributed by atoms with Gasteiger partial charge in [0, 0.05) is 63.1 Å². The predicted molar refractivity (Wildman–Crippen MR) is 186 cm³/mol. The predicted octanol–water partition coefficient (Wildman–Crippen LogP) is 4.57. The van der Waals surface area contributed by atoms with Gasteiger partial charge in [-0.25, -0.2) is 4.72 Å². The lowest BCUT2D eigenvalue weighted by Crippen LogP contribution is -2.48. The number of piperidine rings is 1. The molecule has 11 nitrogen and oxygen atoms in total. The monoisotopic (exact) mass is 687 g/mol. The quantitative estimate of drug-likeness (QED) is 0.406. The van der Waals surface area contributed by atoms with Crippen molar-refractivity contribution in [1.82, 2.24) is 23.4 Å². The molecule has 0 spiro atoms. The van der Waals surface area contributed by atoms with E-state index in [1.54, 1.807) is 26.2 Å². The van der Waals surface area contributed by atoms with Crippen LogP contribution in [0, 0.1) is 5.92 Å². The van der Waals surface area contributed by atoms with Crippen molar-refractivity contribution < 1.29 is 27.5 Å². The maximum atomic E-state index is 15.2. The Balaban J connectivity index is 1.32. The lowest BCUT2D eigenvalue weighted by molar-refractivity contribution is -0.137. The first kappa shape index (κ1) is 32.3. The average Bonchev–Trinajstić information content (AvgIpc) is 3.55. The van der Waals surface area contributed by atoms with Gasteiger partial charge in [-0.1, -0.05) is 25.3 Å². The second-order valence-electron chi connectivity index (χ2n) is 14.9. The van der Waals surface area contributed by atoms with E-state index in [0.717, 1.165) is 82.8 Å². The van der Waals surface area contributed by atoms with Crippen LogP contribution in [-0.2, 0) is 25.3 Å². The van der Waals surface area contributed by atoms with E-state index in [9.17, 15) is 18.0 Å². The van der Waals surface area contributed by atoms with Crippen LogP contribution >= 0.6 is 0 Å². The van der Waals surface area contributed by atoms with Crippen molar-refractivity contribution in [1.29, 1.82) is 0 Å². The molecule has 2 saturated heterocycles. The fraction of sp³-hybridized carbons (Fsp3) is 0.541. The highest BCUT2D eigenvalue weighted by Crippen LogP contribution is 2.67. The molecule has 0 bridgehead atoms. The van der Waals surface area contributed by atoms with Crippen LogP contribution in [-0.4, -0.2) is 91.7 Å². The second kappa shape index (κ2) is 11.6. The van der Waals surface area contributed by atoms with Crippen molar-refractivity contribution in [2.24, 2.45) is 5.92 Å². The number of fused-ring (bicyclic) bond motifs is 9. The molecule has 1 N–H and O–H groups in total. The van der Waals surface area contributed by atoms with Gasteiger partial charge in [0.25, 0.3) is 5.91 Å². The first-order valence-corrected chi connectivity index (χ1v) is 19.1. The van der Waals surface area contributed by atoms with E-state index >= 15 is 4.79 Å². The summed E-state index contributed by atoms with van der Waals surface area (Å²) in [7, 11) is 0.400. The number of rotatable bonds is 6. The van der Waals surface area contributed by atoms with Crippen molar-refractivity contribution in [2.45, 2.75) is 81.7 Å². The zero-order valence-corrected chi connectivity index (χ0v) is 29.5. The van der Waals surface area contributed by atoms with Crippen molar-refractivity contribution >= 4 is 38.8 Å². The van der Waals surface area contributed by atoms with E-state index in [4.69, 9.17) is 4.74 Å². The topological polar surface area (TPSA) is 121 Å². The summed E-state index contributed by atoms with van der Waals surface area (Å²) >= 11 is 0. The van der Waals surface area contributed by atoms with Crippen LogP contribution < -0.4 is 9.46 Å². The van der Waals surface area contributed by atoms with Crippen molar-refractivity contribution in [3.63, 3.8) is 0 Å². The van der Waals surface area contributed by atoms with Crippen LogP contribution in [0.5, 0.6) is 5.75 Å². The summed E-state index contributed by atoms with van der Waals surface area (Å²) < 4.78 is 36.3. The molecule has 0 radical (unpaired) electrons. The molecule has 2 aliphatic carbocycles. The maximum absolute atomic E-state index is 15.2. The molecule has 1 aromatic heterocycles. The molecule has 2 aromatic carbocycles. The highest BCUT2D eigenvalue weighted by Gasteiger charge is 2.68. The van der Waals surface area contributed by atoms with Crippen molar-refractivity contribution in [3.05, 3.63) is 53.1 Å². The number of carbonyl (C=O) groups is 3. The number of ether oxygens (including phenoxy) is 1. The summed E-state index contributed by atoms with van der Waals surface area (Å²) in [5.41, 5.74) is 4.54. The number of carbonyl (C=O) groups excluding carboxylic acids is 3. The van der Waals surface area contributed by atoms with Crippen molar-refractivity contribution in [3.8, 4) is 17.0 Å². The molecule has 3 amide bonds. The highest BCUT2D eigenvalue weighted by atomic mass is 32.2. The Morgan fingerprint density at radius 1 is 0.980 bits per heavy atom. The summed E-state index contributed by atoms with van der Waals surface area (Å²) in [6, 6.07) is 11.7. The zero-order chi connectivity index (χ0) is 34.4. The van der Waals surface area contributed by atoms with Crippen LogP contribution in [0.4, 0.5) is 0 Å². The molecule has 4 heterocycles. The number of amides is 3. The number of benzene rings is 2. The third kappa shape index (κ3) is 4.92. The molecule has 2 unspecified atom stereocenters. The molecule has 260 valence electrons. The van der Waals surface area contributed by atoms with Gasteiger partial charge in [0.1, 0.15) is 11.3 Å². The summed E-state index contributed by atoms with van der Waals surface area (Å²) in [6.45, 7) is 3.48. The van der Waals surface area contributed by atoms with Gasteiger partial charge in [0.05, 0.1) is 24.4 Å². The molecule has 3 aliphatic heterocycles. The lowest BCUT2D eigenvalue weighted by atomic mass is 9.80. The third-order valence-electron chi connectivity index (χ3n) is 12.0. The fourth-order valence-electron chi connectivity index (χ4n) is 9.59. The van der Waals surface area contributed by atoms with Gasteiger partial charge in [0.15, 0.2) is 0 Å². The number of hydrogen-bond donors (Lipinski definition) is 1. The Morgan fingerprint density at radius 2 is 1.76 bits per heavy atom. The lowest BCUT2D eigenvalue weighted by Gasteiger charge is -2.36. The normalized spacial score (nSPS) is 26.2. The van der Waals surface area contributed by atoms with Crippen LogP contribution in [0.3, 0.4) is 0 Å². The van der Waals surface area contributed by atoms with Gasteiger partial charge in [-0.2, -0.15) is 12.7 Å². The first-order chi connectivity index (χ1) is 23.5. The smallest absolute Gasteiger partial charge is 0.303 e. The summed E-state index contributed by atoms with van der Waals surface area (Å²) in [4.78, 5) is 45.2. The number of aromatic nitrogens is 1. The number of hydrogen-bond acceptors (Lipinski definition) is 6. The summed E-state index contributed by atoms with van der Waals surface area (Å²) in [5, 5.41) is 1.01. The molecule has 4 atom stereocenters. The Bertz CT molecular complexity index is 2000. The molecule has 3 aromatic rings. The molecule has 4 fully saturated rings. The largest absolute Gasteiger partial charge is 0.497 e. The highest BCUT2D eigenvalue weighted by molar-refractivity contribution is 7.87. The van der Waals surface area contributed by atoms with Gasteiger partial charge in [-0.3, -0.25) is 14.4 Å². The minimum atomic E-state index is -4.01. The second-order valence-corrected chi connectivity index (χ2v) is 16.8. The van der Waals surface area contributed by atoms with Crippen LogP contribution in [0.15, 0.2) is 36.4 Å². The zero-order valence-electron chi connectivity index (χ0n) is 28.7. The van der Waals surface area contributed by atoms with E-state index in [2.05, 4.69) is 21.4 Å². The van der Waals surface area contributed by atoms with Gasteiger partial charge in [-0.05, 0) is 85.4 Å². The minimum absolute atomic E-state index is 0.0207. The van der Waals surface area contributed by atoms with E-state index in [-0.39, 0.29) is 41.2 Å². The Kier molecular flexibility index (Phi) is 7.64. The number of nitrogens with zero attached hydrogens (tertiary/aromatic N) is 4. The van der Waals surface area contributed by atoms with Gasteiger partial charge >= 0.3 is 10.2 Å². The Morgan fingerprint density at radius 3 is 2.47 bits per heavy atom. The molecule has 8 rings (SSSR count). The van der Waals surface area contributed by atoms with Gasteiger partial charge in [0.2, 0.25) is 11.8 Å². The fourth-order valence-corrected chi connectivity index (χ4v) is 10.1. The molecule has 49 heavy (non-hydrogen) atoms. The molecular weight excluding hydrogens is 643 g/mol. The van der Waals surface area contributed by atoms with Crippen LogP contribution in [0.2, 0.25) is 0 Å². The first-order valence-electron chi connectivity index (χ1n) is 17.6.